The first-order chi connectivity index (χ1) is 9.97. The highest BCUT2D eigenvalue weighted by molar-refractivity contribution is 6.31. The second kappa shape index (κ2) is 5.30. The summed E-state index contributed by atoms with van der Waals surface area (Å²) in [6.07, 6.45) is 1.88. The maximum atomic E-state index is 13.4. The van der Waals surface area contributed by atoms with Crippen LogP contribution in [0.2, 0.25) is 5.02 Å². The van der Waals surface area contributed by atoms with E-state index in [9.17, 15) is 14.0 Å². The van der Waals surface area contributed by atoms with Gasteiger partial charge in [-0.2, -0.15) is 0 Å². The van der Waals surface area contributed by atoms with Crippen LogP contribution in [0.15, 0.2) is 18.2 Å². The number of nitrogens with zero attached hydrogens (tertiary/aromatic N) is 1. The standard InChI is InChI=1S/C15H16ClFN2O2/c1-8-15(21)19(13(9-2-3-9)14(20)18-8)7-10-6-11(17)4-5-12(10)16/h4-6,8-9,13H,2-3,7H2,1H3,(H,18,20). The average molecular weight is 311 g/mol. The first-order valence-corrected chi connectivity index (χ1v) is 7.40. The molecule has 21 heavy (non-hydrogen) atoms. The van der Waals surface area contributed by atoms with Gasteiger partial charge in [-0.05, 0) is 49.4 Å². The Morgan fingerprint density at radius 2 is 2.10 bits per heavy atom. The van der Waals surface area contributed by atoms with Gasteiger partial charge in [0.05, 0.1) is 0 Å². The van der Waals surface area contributed by atoms with Gasteiger partial charge in [0.2, 0.25) is 11.8 Å². The van der Waals surface area contributed by atoms with Gasteiger partial charge in [-0.3, -0.25) is 9.59 Å². The van der Waals surface area contributed by atoms with Crippen molar-refractivity contribution in [3.8, 4) is 0 Å². The van der Waals surface area contributed by atoms with Crippen LogP contribution in [-0.2, 0) is 16.1 Å². The van der Waals surface area contributed by atoms with E-state index in [-0.39, 0.29) is 24.3 Å². The van der Waals surface area contributed by atoms with E-state index in [1.807, 2.05) is 0 Å². The molecule has 6 heteroatoms. The number of piperazine rings is 1. The Labute approximate surface area is 127 Å². The third-order valence-corrected chi connectivity index (χ3v) is 4.40. The molecule has 2 fully saturated rings. The molecule has 2 atom stereocenters. The molecule has 0 bridgehead atoms. The summed E-state index contributed by atoms with van der Waals surface area (Å²) in [6, 6.07) is 3.04. The van der Waals surface area contributed by atoms with E-state index < -0.39 is 17.9 Å². The first-order valence-electron chi connectivity index (χ1n) is 7.02. The monoisotopic (exact) mass is 310 g/mol. The molecule has 1 heterocycles. The lowest BCUT2D eigenvalue weighted by molar-refractivity contribution is -0.150. The van der Waals surface area contributed by atoms with Gasteiger partial charge >= 0.3 is 0 Å². The third-order valence-electron chi connectivity index (χ3n) is 4.03. The minimum absolute atomic E-state index is 0.128. The smallest absolute Gasteiger partial charge is 0.245 e. The zero-order chi connectivity index (χ0) is 15.1. The normalized spacial score (nSPS) is 26.0. The van der Waals surface area contributed by atoms with Crippen LogP contribution in [0.5, 0.6) is 0 Å². The largest absolute Gasteiger partial charge is 0.343 e. The fourth-order valence-corrected chi connectivity index (χ4v) is 2.97. The molecule has 0 spiro atoms. The fourth-order valence-electron chi connectivity index (χ4n) is 2.79. The number of benzene rings is 1. The number of hydrogen-bond acceptors (Lipinski definition) is 2. The van der Waals surface area contributed by atoms with Gasteiger partial charge in [-0.15, -0.1) is 0 Å². The van der Waals surface area contributed by atoms with Gasteiger partial charge < -0.3 is 10.2 Å². The molecule has 112 valence electrons. The number of hydrogen-bond donors (Lipinski definition) is 1. The summed E-state index contributed by atoms with van der Waals surface area (Å²) in [5.74, 6) is -0.475. The highest BCUT2D eigenvalue weighted by atomic mass is 35.5. The van der Waals surface area contributed by atoms with Crippen LogP contribution in [0.1, 0.15) is 25.3 Å². The molecule has 1 aromatic rings. The Bertz CT molecular complexity index is 603. The molecule has 3 rings (SSSR count). The van der Waals surface area contributed by atoms with Crippen molar-refractivity contribution in [3.05, 3.63) is 34.6 Å². The minimum Gasteiger partial charge on any atom is -0.343 e. The summed E-state index contributed by atoms with van der Waals surface area (Å²) < 4.78 is 13.4. The van der Waals surface area contributed by atoms with Gasteiger partial charge in [-0.1, -0.05) is 11.6 Å². The van der Waals surface area contributed by atoms with Crippen LogP contribution in [0.4, 0.5) is 4.39 Å². The van der Waals surface area contributed by atoms with Gasteiger partial charge in [0, 0.05) is 11.6 Å². The highest BCUT2D eigenvalue weighted by Crippen LogP contribution is 2.38. The summed E-state index contributed by atoms with van der Waals surface area (Å²) in [5.41, 5.74) is 0.526. The Morgan fingerprint density at radius 3 is 2.76 bits per heavy atom. The number of amides is 2. The molecular formula is C15H16ClFN2O2. The van der Waals surface area contributed by atoms with E-state index in [0.717, 1.165) is 12.8 Å². The Balaban J connectivity index is 1.90. The van der Waals surface area contributed by atoms with Crippen molar-refractivity contribution in [1.82, 2.24) is 10.2 Å². The van der Waals surface area contributed by atoms with Crippen molar-refractivity contribution in [2.24, 2.45) is 5.92 Å². The molecule has 1 aliphatic heterocycles. The summed E-state index contributed by atoms with van der Waals surface area (Å²) in [4.78, 5) is 26.1. The number of carbonyl (C=O) groups is 2. The summed E-state index contributed by atoms with van der Waals surface area (Å²) in [5, 5.41) is 3.11. The van der Waals surface area contributed by atoms with Crippen LogP contribution in [0.25, 0.3) is 0 Å². The molecule has 1 aliphatic carbocycles. The maximum absolute atomic E-state index is 13.4. The first kappa shape index (κ1) is 14.3. The molecule has 1 saturated heterocycles. The SMILES string of the molecule is CC1NC(=O)C(C2CC2)N(Cc2cc(F)ccc2Cl)C1=O. The van der Waals surface area contributed by atoms with Crippen LogP contribution in [0.3, 0.4) is 0 Å². The highest BCUT2D eigenvalue weighted by Gasteiger charge is 2.46. The molecule has 2 amide bonds. The van der Waals surface area contributed by atoms with Crippen LogP contribution in [0, 0.1) is 11.7 Å². The second-order valence-corrected chi connectivity index (χ2v) is 6.12. The van der Waals surface area contributed by atoms with Crippen molar-refractivity contribution < 1.29 is 14.0 Å². The molecule has 0 radical (unpaired) electrons. The lowest BCUT2D eigenvalue weighted by Crippen LogP contribution is -2.62. The Hall–Kier alpha value is -1.62. The zero-order valence-corrected chi connectivity index (χ0v) is 12.4. The van der Waals surface area contributed by atoms with Gasteiger partial charge in [0.25, 0.3) is 0 Å². The fraction of sp³-hybridized carbons (Fsp3) is 0.467. The average Bonchev–Trinajstić information content (AvgIpc) is 3.24. The molecule has 4 nitrogen and oxygen atoms in total. The molecule has 1 N–H and O–H groups in total. The number of nitrogens with one attached hydrogen (secondary N) is 1. The predicted octanol–water partition coefficient (Wildman–Crippen LogP) is 2.10. The predicted molar refractivity (Wildman–Crippen MR) is 76.1 cm³/mol. The molecule has 2 aliphatic rings. The molecule has 0 aromatic heterocycles. The van der Waals surface area contributed by atoms with Crippen LogP contribution in [-0.4, -0.2) is 28.8 Å². The quantitative estimate of drug-likeness (QED) is 0.929. The van der Waals surface area contributed by atoms with Crippen LogP contribution < -0.4 is 5.32 Å². The van der Waals surface area contributed by atoms with E-state index >= 15 is 0 Å². The van der Waals surface area contributed by atoms with Gasteiger partial charge in [0.1, 0.15) is 17.9 Å². The number of carbonyl (C=O) groups excluding carboxylic acids is 2. The van der Waals surface area contributed by atoms with Gasteiger partial charge in [-0.25, -0.2) is 4.39 Å². The summed E-state index contributed by atoms with van der Waals surface area (Å²) in [6.45, 7) is 1.82. The Morgan fingerprint density at radius 1 is 1.38 bits per heavy atom. The number of halogens is 2. The number of rotatable bonds is 3. The second-order valence-electron chi connectivity index (χ2n) is 5.71. The minimum atomic E-state index is -0.556. The van der Waals surface area contributed by atoms with E-state index in [1.165, 1.54) is 18.2 Å². The van der Waals surface area contributed by atoms with Crippen LogP contribution >= 0.6 is 11.6 Å². The zero-order valence-electron chi connectivity index (χ0n) is 11.6. The Kier molecular flexibility index (Phi) is 3.61. The maximum Gasteiger partial charge on any atom is 0.245 e. The van der Waals surface area contributed by atoms with Crippen molar-refractivity contribution >= 4 is 23.4 Å². The van der Waals surface area contributed by atoms with Gasteiger partial charge in [0.15, 0.2) is 0 Å². The molecule has 2 unspecified atom stereocenters. The topological polar surface area (TPSA) is 49.4 Å². The lowest BCUT2D eigenvalue weighted by Gasteiger charge is -2.38. The van der Waals surface area contributed by atoms with E-state index in [4.69, 9.17) is 11.6 Å². The lowest BCUT2D eigenvalue weighted by atomic mass is 10.0. The van der Waals surface area contributed by atoms with E-state index in [2.05, 4.69) is 5.32 Å². The van der Waals surface area contributed by atoms with Crippen molar-refractivity contribution in [3.63, 3.8) is 0 Å². The molecule has 1 aromatic carbocycles. The summed E-state index contributed by atoms with van der Waals surface area (Å²) in [7, 11) is 0. The molecular weight excluding hydrogens is 295 g/mol. The van der Waals surface area contributed by atoms with Crippen molar-refractivity contribution in [1.29, 1.82) is 0 Å². The summed E-state index contributed by atoms with van der Waals surface area (Å²) >= 11 is 6.07. The van der Waals surface area contributed by atoms with Crippen molar-refractivity contribution in [2.45, 2.75) is 38.4 Å². The van der Waals surface area contributed by atoms with E-state index in [0.29, 0.717) is 10.6 Å². The third kappa shape index (κ3) is 2.75. The van der Waals surface area contributed by atoms with E-state index in [1.54, 1.807) is 11.8 Å². The van der Waals surface area contributed by atoms with Crippen molar-refractivity contribution in [2.75, 3.05) is 0 Å². The molecule has 1 saturated carbocycles.